The number of ether oxygens (including phenoxy) is 1. The molecule has 0 amide bonds. The van der Waals surface area contributed by atoms with Gasteiger partial charge in [-0.3, -0.25) is 10.1 Å². The normalized spacial score (nSPS) is 10.6. The van der Waals surface area contributed by atoms with Gasteiger partial charge in [0.2, 0.25) is 0 Å². The Morgan fingerprint density at radius 1 is 1.16 bits per heavy atom. The number of nitro groups is 1. The highest BCUT2D eigenvalue weighted by atomic mass is 16.6. The third kappa shape index (κ3) is 3.33. The van der Waals surface area contributed by atoms with Crippen LogP contribution in [0.3, 0.4) is 0 Å². The predicted octanol–water partition coefficient (Wildman–Crippen LogP) is 4.30. The average Bonchev–Trinajstić information content (AvgIpc) is 2.61. The maximum Gasteiger partial charge on any atom is 0.356 e. The Morgan fingerprint density at radius 2 is 1.88 bits per heavy atom. The minimum atomic E-state index is -0.492. The van der Waals surface area contributed by atoms with Gasteiger partial charge < -0.3 is 4.74 Å². The van der Waals surface area contributed by atoms with E-state index in [1.807, 2.05) is 25.1 Å². The highest BCUT2D eigenvalue weighted by Crippen LogP contribution is 2.30. The van der Waals surface area contributed by atoms with Crippen LogP contribution >= 0.6 is 0 Å². The molecule has 0 aliphatic heterocycles. The van der Waals surface area contributed by atoms with Crippen molar-refractivity contribution in [1.29, 1.82) is 0 Å². The fourth-order valence-corrected chi connectivity index (χ4v) is 2.65. The van der Waals surface area contributed by atoms with Crippen molar-refractivity contribution in [3.63, 3.8) is 0 Å². The summed E-state index contributed by atoms with van der Waals surface area (Å²) >= 11 is 0. The highest BCUT2D eigenvalue weighted by Gasteiger charge is 2.15. The first-order valence-corrected chi connectivity index (χ1v) is 7.83. The van der Waals surface area contributed by atoms with Crippen LogP contribution < -0.4 is 0 Å². The van der Waals surface area contributed by atoms with Crippen molar-refractivity contribution in [2.24, 2.45) is 0 Å². The van der Waals surface area contributed by atoms with Crippen LogP contribution in [0.4, 0.5) is 5.69 Å². The quantitative estimate of drug-likeness (QED) is 0.403. The lowest BCUT2D eigenvalue weighted by atomic mass is 9.98. The zero-order valence-corrected chi connectivity index (χ0v) is 13.9. The summed E-state index contributed by atoms with van der Waals surface area (Å²) in [5.74, 6) is -0.492. The second-order valence-corrected chi connectivity index (χ2v) is 5.60. The van der Waals surface area contributed by atoms with E-state index in [0.29, 0.717) is 5.52 Å². The predicted molar refractivity (Wildman–Crippen MR) is 94.5 cm³/mol. The molecule has 3 aromatic rings. The minimum absolute atomic E-state index is 0.0175. The average molecular weight is 336 g/mol. The minimum Gasteiger partial charge on any atom is -0.461 e. The molecule has 0 N–H and O–H groups in total. The van der Waals surface area contributed by atoms with Gasteiger partial charge in [0.25, 0.3) is 5.69 Å². The molecule has 0 bridgehead atoms. The van der Waals surface area contributed by atoms with Gasteiger partial charge in [0.15, 0.2) is 0 Å². The third-order valence-electron chi connectivity index (χ3n) is 3.84. The largest absolute Gasteiger partial charge is 0.461 e. The number of benzene rings is 2. The van der Waals surface area contributed by atoms with Gasteiger partial charge in [-0.25, -0.2) is 9.78 Å². The highest BCUT2D eigenvalue weighted by molar-refractivity contribution is 6.00. The lowest BCUT2D eigenvalue weighted by Crippen LogP contribution is -2.07. The Balaban J connectivity index is 2.21. The Bertz CT molecular complexity index is 965. The molecule has 0 spiro atoms. The van der Waals surface area contributed by atoms with Gasteiger partial charge in [-0.05, 0) is 55.3 Å². The monoisotopic (exact) mass is 336 g/mol. The fourth-order valence-electron chi connectivity index (χ4n) is 2.65. The molecule has 2 aromatic carbocycles. The topological polar surface area (TPSA) is 82.3 Å². The second kappa shape index (κ2) is 6.68. The molecule has 6 nitrogen and oxygen atoms in total. The van der Waals surface area contributed by atoms with Gasteiger partial charge in [-0.15, -0.1) is 0 Å². The maximum atomic E-state index is 12.1. The molecule has 0 aliphatic carbocycles. The first-order valence-electron chi connectivity index (χ1n) is 7.83. The number of nitro benzene ring substituents is 1. The van der Waals surface area contributed by atoms with Crippen molar-refractivity contribution >= 4 is 22.6 Å². The summed E-state index contributed by atoms with van der Waals surface area (Å²) < 4.78 is 5.05. The summed E-state index contributed by atoms with van der Waals surface area (Å²) in [6, 6.07) is 13.7. The van der Waals surface area contributed by atoms with E-state index in [1.54, 1.807) is 25.1 Å². The number of esters is 1. The van der Waals surface area contributed by atoms with E-state index >= 15 is 0 Å². The Labute approximate surface area is 144 Å². The number of fused-ring (bicyclic) bond motifs is 1. The van der Waals surface area contributed by atoms with Gasteiger partial charge >= 0.3 is 5.97 Å². The number of non-ortho nitro benzene ring substituents is 1. The summed E-state index contributed by atoms with van der Waals surface area (Å²) in [4.78, 5) is 26.9. The maximum absolute atomic E-state index is 12.1. The van der Waals surface area contributed by atoms with Crippen LogP contribution in [0, 0.1) is 17.0 Å². The van der Waals surface area contributed by atoms with Crippen molar-refractivity contribution < 1.29 is 14.5 Å². The van der Waals surface area contributed by atoms with Gasteiger partial charge in [0.1, 0.15) is 5.69 Å². The zero-order chi connectivity index (χ0) is 18.0. The molecular weight excluding hydrogens is 320 g/mol. The second-order valence-electron chi connectivity index (χ2n) is 5.60. The van der Waals surface area contributed by atoms with Crippen molar-refractivity contribution in [1.82, 2.24) is 4.98 Å². The molecule has 1 heterocycles. The summed E-state index contributed by atoms with van der Waals surface area (Å²) in [6.07, 6.45) is 0. The first-order chi connectivity index (χ1) is 12.0. The smallest absolute Gasteiger partial charge is 0.356 e. The van der Waals surface area contributed by atoms with E-state index in [2.05, 4.69) is 4.98 Å². The number of pyridine rings is 1. The van der Waals surface area contributed by atoms with E-state index in [0.717, 1.165) is 22.1 Å². The Hall–Kier alpha value is -3.28. The summed E-state index contributed by atoms with van der Waals surface area (Å²) in [6.45, 7) is 3.97. The van der Waals surface area contributed by atoms with Crippen molar-refractivity contribution in [3.05, 3.63) is 69.9 Å². The molecule has 0 saturated carbocycles. The molecule has 126 valence electrons. The zero-order valence-electron chi connectivity index (χ0n) is 13.9. The Kier molecular flexibility index (Phi) is 4.43. The number of carbonyl (C=O) groups is 1. The van der Waals surface area contributed by atoms with Crippen LogP contribution in [-0.4, -0.2) is 22.5 Å². The molecule has 3 rings (SSSR count). The van der Waals surface area contributed by atoms with E-state index in [-0.39, 0.29) is 18.0 Å². The van der Waals surface area contributed by atoms with Gasteiger partial charge in [-0.1, -0.05) is 11.6 Å². The summed E-state index contributed by atoms with van der Waals surface area (Å²) in [5.41, 5.74) is 3.52. The van der Waals surface area contributed by atoms with Crippen LogP contribution in [0.1, 0.15) is 23.0 Å². The number of carbonyl (C=O) groups excluding carboxylic acids is 1. The fraction of sp³-hybridized carbons (Fsp3) is 0.158. The molecule has 6 heteroatoms. The summed E-state index contributed by atoms with van der Waals surface area (Å²) in [7, 11) is 0. The number of hydrogen-bond acceptors (Lipinski definition) is 5. The molecule has 0 aliphatic rings. The summed E-state index contributed by atoms with van der Waals surface area (Å²) in [5, 5.41) is 11.7. The van der Waals surface area contributed by atoms with E-state index < -0.39 is 10.9 Å². The Morgan fingerprint density at radius 3 is 2.52 bits per heavy atom. The van der Waals surface area contributed by atoms with Crippen LogP contribution in [0.15, 0.2) is 48.5 Å². The number of rotatable bonds is 4. The van der Waals surface area contributed by atoms with Crippen LogP contribution in [0.2, 0.25) is 0 Å². The molecular formula is C19H16N2O4. The third-order valence-corrected chi connectivity index (χ3v) is 3.84. The standard InChI is InChI=1S/C19H16N2O4/c1-3-25-19(22)18-11-15(13-5-7-14(8-6-13)21(23)24)16-10-12(2)4-9-17(16)20-18/h4-11H,3H2,1-2H3. The molecule has 0 radical (unpaired) electrons. The molecule has 1 aromatic heterocycles. The van der Waals surface area contributed by atoms with Gasteiger partial charge in [0.05, 0.1) is 17.0 Å². The van der Waals surface area contributed by atoms with E-state index in [1.165, 1.54) is 12.1 Å². The first kappa shape index (κ1) is 16.6. The van der Waals surface area contributed by atoms with E-state index in [9.17, 15) is 14.9 Å². The molecule has 0 atom stereocenters. The van der Waals surface area contributed by atoms with Gasteiger partial charge in [-0.2, -0.15) is 0 Å². The number of nitrogens with zero attached hydrogens (tertiary/aromatic N) is 2. The van der Waals surface area contributed by atoms with Crippen LogP contribution in [-0.2, 0) is 4.74 Å². The number of aryl methyl sites for hydroxylation is 1. The van der Waals surface area contributed by atoms with Crippen LogP contribution in [0.5, 0.6) is 0 Å². The molecule has 0 saturated heterocycles. The number of aromatic nitrogens is 1. The lowest BCUT2D eigenvalue weighted by molar-refractivity contribution is -0.384. The van der Waals surface area contributed by atoms with Crippen molar-refractivity contribution in [2.45, 2.75) is 13.8 Å². The van der Waals surface area contributed by atoms with Crippen molar-refractivity contribution in [2.75, 3.05) is 6.61 Å². The molecule has 25 heavy (non-hydrogen) atoms. The number of hydrogen-bond donors (Lipinski definition) is 0. The van der Waals surface area contributed by atoms with E-state index in [4.69, 9.17) is 4.74 Å². The van der Waals surface area contributed by atoms with Gasteiger partial charge in [0, 0.05) is 17.5 Å². The molecule has 0 unspecified atom stereocenters. The van der Waals surface area contributed by atoms with Crippen molar-refractivity contribution in [3.8, 4) is 11.1 Å². The SMILES string of the molecule is CCOC(=O)c1cc(-c2ccc([N+](=O)[O-])cc2)c2cc(C)ccc2n1. The molecule has 0 fully saturated rings. The lowest BCUT2D eigenvalue weighted by Gasteiger charge is -2.10. The van der Waals surface area contributed by atoms with Crippen LogP contribution in [0.25, 0.3) is 22.0 Å².